The lowest BCUT2D eigenvalue weighted by Gasteiger charge is -2.21. The number of halogens is 4. The van der Waals surface area contributed by atoms with Crippen molar-refractivity contribution in [1.82, 2.24) is 0 Å². The molecule has 1 saturated carbocycles. The Labute approximate surface area is 215 Å². The van der Waals surface area contributed by atoms with Gasteiger partial charge in [0.05, 0.1) is 6.61 Å². The lowest BCUT2D eigenvalue weighted by atomic mass is 10.0. The SMILES string of the molecule is O=C(Oc1ccccc1)O[C@@H](Cc1c(Cl)c[n+]([O-])cc1Cl)c1ccc(OC(F)F)c(OCC2CC2)c1. The van der Waals surface area contributed by atoms with Gasteiger partial charge < -0.3 is 24.2 Å². The van der Waals surface area contributed by atoms with Gasteiger partial charge in [0.2, 0.25) is 0 Å². The standard InChI is InChI=1S/C25H21Cl2F2NO6/c26-19-12-30(32)13-20(27)18(19)11-22(36-25(31)34-17-4-2-1-3-5-17)16-8-9-21(35-24(28)29)23(10-16)33-14-15-6-7-15/h1-5,8-10,12-13,15,22,24H,6-7,11,14H2/t22-/m0/s1. The third kappa shape index (κ3) is 7.11. The lowest BCUT2D eigenvalue weighted by molar-refractivity contribution is -0.605. The zero-order valence-electron chi connectivity index (χ0n) is 18.7. The Morgan fingerprint density at radius 3 is 2.39 bits per heavy atom. The molecule has 0 N–H and O–H groups in total. The minimum Gasteiger partial charge on any atom is -0.619 e. The van der Waals surface area contributed by atoms with Gasteiger partial charge in [-0.1, -0.05) is 47.5 Å². The Morgan fingerprint density at radius 1 is 1.06 bits per heavy atom. The summed E-state index contributed by atoms with van der Waals surface area (Å²) >= 11 is 12.5. The first kappa shape index (κ1) is 25.8. The molecule has 1 heterocycles. The summed E-state index contributed by atoms with van der Waals surface area (Å²) in [6.07, 6.45) is 2.14. The van der Waals surface area contributed by atoms with Crippen LogP contribution in [0.1, 0.15) is 30.1 Å². The summed E-state index contributed by atoms with van der Waals surface area (Å²) < 4.78 is 47.5. The minimum absolute atomic E-state index is 0.0422. The maximum absolute atomic E-state index is 12.9. The normalized spacial score (nSPS) is 13.8. The molecule has 2 aromatic carbocycles. The highest BCUT2D eigenvalue weighted by molar-refractivity contribution is 6.35. The van der Waals surface area contributed by atoms with Crippen LogP contribution in [0.25, 0.3) is 0 Å². The second-order valence-electron chi connectivity index (χ2n) is 8.11. The van der Waals surface area contributed by atoms with Crippen LogP contribution >= 0.6 is 23.2 Å². The second kappa shape index (κ2) is 11.6. The molecule has 1 aliphatic carbocycles. The average Bonchev–Trinajstić information content (AvgIpc) is 3.65. The molecule has 36 heavy (non-hydrogen) atoms. The number of hydrogen-bond acceptors (Lipinski definition) is 6. The highest BCUT2D eigenvalue weighted by Gasteiger charge is 2.27. The first-order chi connectivity index (χ1) is 17.3. The van der Waals surface area contributed by atoms with E-state index < -0.39 is 18.9 Å². The monoisotopic (exact) mass is 539 g/mol. The maximum Gasteiger partial charge on any atom is 0.514 e. The molecule has 3 aromatic rings. The molecule has 0 bridgehead atoms. The highest BCUT2D eigenvalue weighted by Crippen LogP contribution is 2.38. The summed E-state index contributed by atoms with van der Waals surface area (Å²) in [4.78, 5) is 12.6. The van der Waals surface area contributed by atoms with Gasteiger partial charge in [-0.15, -0.1) is 0 Å². The first-order valence-corrected chi connectivity index (χ1v) is 11.8. The number of pyridine rings is 1. The van der Waals surface area contributed by atoms with Gasteiger partial charge in [0, 0.05) is 12.0 Å². The average molecular weight is 540 g/mol. The van der Waals surface area contributed by atoms with Crippen molar-refractivity contribution in [3.63, 3.8) is 0 Å². The second-order valence-corrected chi connectivity index (χ2v) is 8.92. The summed E-state index contributed by atoms with van der Waals surface area (Å²) in [6.45, 7) is -2.71. The van der Waals surface area contributed by atoms with E-state index in [0.29, 0.717) is 28.4 Å². The fraction of sp³-hybridized carbons (Fsp3) is 0.280. The molecule has 0 amide bonds. The molecule has 1 atom stereocenters. The third-order valence-corrected chi connectivity index (χ3v) is 6.01. The molecule has 190 valence electrons. The van der Waals surface area contributed by atoms with Crippen molar-refractivity contribution >= 4 is 29.4 Å². The van der Waals surface area contributed by atoms with E-state index in [0.717, 1.165) is 25.2 Å². The van der Waals surface area contributed by atoms with Crippen molar-refractivity contribution in [2.45, 2.75) is 32.0 Å². The molecule has 1 aromatic heterocycles. The van der Waals surface area contributed by atoms with Crippen LogP contribution in [-0.4, -0.2) is 19.4 Å². The minimum atomic E-state index is -3.05. The summed E-state index contributed by atoms with van der Waals surface area (Å²) in [5, 5.41) is 11.8. The molecule has 7 nitrogen and oxygen atoms in total. The quantitative estimate of drug-likeness (QED) is 0.126. The molecule has 0 radical (unpaired) electrons. The van der Waals surface area contributed by atoms with Crippen molar-refractivity contribution in [1.29, 1.82) is 0 Å². The van der Waals surface area contributed by atoms with Crippen LogP contribution in [0.15, 0.2) is 60.9 Å². The molecule has 0 spiro atoms. The van der Waals surface area contributed by atoms with Gasteiger partial charge in [-0.2, -0.15) is 13.5 Å². The van der Waals surface area contributed by atoms with E-state index in [2.05, 4.69) is 4.74 Å². The molecule has 0 aliphatic heterocycles. The van der Waals surface area contributed by atoms with Gasteiger partial charge in [-0.3, -0.25) is 0 Å². The highest BCUT2D eigenvalue weighted by atomic mass is 35.5. The van der Waals surface area contributed by atoms with Crippen molar-refractivity contribution in [3.8, 4) is 17.2 Å². The van der Waals surface area contributed by atoms with Crippen molar-refractivity contribution in [2.24, 2.45) is 5.92 Å². The smallest absolute Gasteiger partial charge is 0.514 e. The Hall–Kier alpha value is -3.30. The third-order valence-electron chi connectivity index (χ3n) is 5.36. The molecule has 0 unspecified atom stereocenters. The number of carbonyl (C=O) groups is 1. The fourth-order valence-corrected chi connectivity index (χ4v) is 3.99. The number of para-hydroxylation sites is 1. The molecule has 1 fully saturated rings. The number of carbonyl (C=O) groups excluding carboxylic acids is 1. The predicted octanol–water partition coefficient (Wildman–Crippen LogP) is 6.52. The number of alkyl halides is 2. The largest absolute Gasteiger partial charge is 0.619 e. The summed E-state index contributed by atoms with van der Waals surface area (Å²) in [7, 11) is 0. The van der Waals surface area contributed by atoms with Crippen molar-refractivity contribution in [2.75, 3.05) is 6.61 Å². The number of hydrogen-bond donors (Lipinski definition) is 0. The van der Waals surface area contributed by atoms with E-state index in [1.54, 1.807) is 30.3 Å². The molecule has 1 aliphatic rings. The van der Waals surface area contributed by atoms with Crippen molar-refractivity contribution < 1.29 is 37.3 Å². The number of ether oxygens (including phenoxy) is 4. The zero-order valence-corrected chi connectivity index (χ0v) is 20.3. The van der Waals surface area contributed by atoms with Crippen LogP contribution in [0.3, 0.4) is 0 Å². The van der Waals surface area contributed by atoms with Crippen LogP contribution in [0, 0.1) is 11.1 Å². The van der Waals surface area contributed by atoms with Gasteiger partial charge in [0.25, 0.3) is 0 Å². The summed E-state index contributed by atoms with van der Waals surface area (Å²) in [6, 6.07) is 12.5. The van der Waals surface area contributed by atoms with E-state index in [1.165, 1.54) is 18.2 Å². The Morgan fingerprint density at radius 2 is 1.75 bits per heavy atom. The van der Waals surface area contributed by atoms with Gasteiger partial charge >= 0.3 is 12.8 Å². The molecule has 0 saturated heterocycles. The molecular formula is C25H21Cl2F2NO6. The van der Waals surface area contributed by atoms with Gasteiger partial charge in [-0.25, -0.2) is 4.79 Å². The van der Waals surface area contributed by atoms with Crippen molar-refractivity contribution in [3.05, 3.63) is 87.3 Å². The molecule has 4 rings (SSSR count). The van der Waals surface area contributed by atoms with Gasteiger partial charge in [-0.05, 0) is 48.6 Å². The van der Waals surface area contributed by atoms with Crippen LogP contribution < -0.4 is 18.9 Å². The van der Waals surface area contributed by atoms with Crippen LogP contribution in [0.2, 0.25) is 10.0 Å². The summed E-state index contributed by atoms with van der Waals surface area (Å²) in [5.41, 5.74) is 0.731. The topological polar surface area (TPSA) is 80.9 Å². The maximum atomic E-state index is 12.9. The van der Waals surface area contributed by atoms with Crippen LogP contribution in [-0.2, 0) is 11.2 Å². The van der Waals surface area contributed by atoms with E-state index in [9.17, 15) is 18.8 Å². The number of nitrogens with zero attached hydrogens (tertiary/aromatic N) is 1. The Balaban J connectivity index is 1.64. The summed E-state index contributed by atoms with van der Waals surface area (Å²) in [5.74, 6) is 0.538. The van der Waals surface area contributed by atoms with E-state index in [-0.39, 0.29) is 33.7 Å². The predicted molar refractivity (Wildman–Crippen MR) is 127 cm³/mol. The Kier molecular flexibility index (Phi) is 8.32. The van der Waals surface area contributed by atoms with E-state index in [4.69, 9.17) is 37.4 Å². The fourth-order valence-electron chi connectivity index (χ4n) is 3.39. The lowest BCUT2D eigenvalue weighted by Crippen LogP contribution is -2.26. The Bertz CT molecular complexity index is 1190. The van der Waals surface area contributed by atoms with Gasteiger partial charge in [0.1, 0.15) is 21.9 Å². The van der Waals surface area contributed by atoms with Gasteiger partial charge in [0.15, 0.2) is 23.9 Å². The number of benzene rings is 2. The number of aromatic nitrogens is 1. The molecule has 11 heteroatoms. The van der Waals surface area contributed by atoms with Crippen LogP contribution in [0.5, 0.6) is 17.2 Å². The first-order valence-electron chi connectivity index (χ1n) is 11.0. The van der Waals surface area contributed by atoms with Crippen LogP contribution in [0.4, 0.5) is 13.6 Å². The zero-order chi connectivity index (χ0) is 25.7. The van der Waals surface area contributed by atoms with E-state index in [1.807, 2.05) is 0 Å². The molecular weight excluding hydrogens is 519 g/mol. The van der Waals surface area contributed by atoms with E-state index >= 15 is 0 Å². The number of rotatable bonds is 10.